The molecule has 8 nitrogen and oxygen atoms in total. The maximum Gasteiger partial charge on any atom is 0.416 e. The van der Waals surface area contributed by atoms with E-state index in [2.05, 4.69) is 32.5 Å². The van der Waals surface area contributed by atoms with E-state index >= 15 is 0 Å². The van der Waals surface area contributed by atoms with E-state index in [0.717, 1.165) is 17.7 Å². The second-order valence-corrected chi connectivity index (χ2v) is 8.45. The van der Waals surface area contributed by atoms with E-state index in [1.54, 1.807) is 44.3 Å². The Hall–Kier alpha value is -4.38. The minimum Gasteiger partial charge on any atom is -0.373 e. The Morgan fingerprint density at radius 2 is 1.81 bits per heavy atom. The number of aromatic nitrogens is 2. The molecule has 37 heavy (non-hydrogen) atoms. The summed E-state index contributed by atoms with van der Waals surface area (Å²) in [5, 5.41) is 9.99. The van der Waals surface area contributed by atoms with Crippen molar-refractivity contribution in [2.24, 2.45) is 5.84 Å². The molecule has 0 fully saturated rings. The van der Waals surface area contributed by atoms with Crippen LogP contribution in [0.4, 0.5) is 36.2 Å². The summed E-state index contributed by atoms with van der Waals surface area (Å²) in [5.41, 5.74) is 1.88. The van der Waals surface area contributed by atoms with Crippen molar-refractivity contribution in [1.82, 2.24) is 9.97 Å². The van der Waals surface area contributed by atoms with Crippen molar-refractivity contribution in [1.29, 1.82) is 0 Å². The minimum atomic E-state index is -4.52. The van der Waals surface area contributed by atoms with Crippen LogP contribution in [0.3, 0.4) is 0 Å². The van der Waals surface area contributed by atoms with Crippen LogP contribution < -0.4 is 26.8 Å². The number of carbonyl (C=O) groups excluding carboxylic acids is 1. The van der Waals surface area contributed by atoms with Crippen LogP contribution in [0.2, 0.25) is 0 Å². The molecule has 3 rings (SSSR count). The molecule has 0 bridgehead atoms. The molecule has 0 unspecified atom stereocenters. The van der Waals surface area contributed by atoms with E-state index in [-0.39, 0.29) is 11.3 Å². The van der Waals surface area contributed by atoms with Gasteiger partial charge >= 0.3 is 6.18 Å². The van der Waals surface area contributed by atoms with Crippen molar-refractivity contribution in [2.45, 2.75) is 26.9 Å². The summed E-state index contributed by atoms with van der Waals surface area (Å²) in [4.78, 5) is 21.2. The van der Waals surface area contributed by atoms with Gasteiger partial charge < -0.3 is 16.0 Å². The predicted molar refractivity (Wildman–Crippen MR) is 140 cm³/mol. The van der Waals surface area contributed by atoms with Crippen molar-refractivity contribution in [3.63, 3.8) is 0 Å². The van der Waals surface area contributed by atoms with Gasteiger partial charge in [-0.05, 0) is 68.3 Å². The van der Waals surface area contributed by atoms with Crippen LogP contribution in [-0.4, -0.2) is 22.9 Å². The molecule has 11 heteroatoms. The Balaban J connectivity index is 1.89. The maximum atomic E-state index is 13.2. The fraction of sp³-hybridized carbons (Fsp3) is 0.192. The predicted octanol–water partition coefficient (Wildman–Crippen LogP) is 5.62. The molecular formula is C26H28F3N7O. The molecule has 0 atom stereocenters. The van der Waals surface area contributed by atoms with Gasteiger partial charge in [-0.3, -0.25) is 4.79 Å². The van der Waals surface area contributed by atoms with Crippen molar-refractivity contribution >= 4 is 28.9 Å². The van der Waals surface area contributed by atoms with Crippen LogP contribution >= 0.6 is 0 Å². The van der Waals surface area contributed by atoms with Gasteiger partial charge in [0.25, 0.3) is 5.91 Å². The van der Waals surface area contributed by atoms with Crippen molar-refractivity contribution in [3.05, 3.63) is 95.1 Å². The van der Waals surface area contributed by atoms with Gasteiger partial charge in [0.05, 0.1) is 5.56 Å². The number of hydrogen-bond acceptors (Lipinski definition) is 7. The average molecular weight is 512 g/mol. The molecule has 5 N–H and O–H groups in total. The molecule has 0 aliphatic heterocycles. The van der Waals surface area contributed by atoms with E-state index in [1.165, 1.54) is 24.3 Å². The van der Waals surface area contributed by atoms with Crippen LogP contribution in [0.25, 0.3) is 0 Å². The number of nitrogens with zero attached hydrogens (tertiary/aromatic N) is 3. The van der Waals surface area contributed by atoms with E-state index in [4.69, 9.17) is 5.84 Å². The van der Waals surface area contributed by atoms with Gasteiger partial charge in [-0.1, -0.05) is 18.2 Å². The first-order valence-corrected chi connectivity index (χ1v) is 11.2. The third-order valence-electron chi connectivity index (χ3n) is 5.22. The minimum absolute atomic E-state index is 0.0486. The van der Waals surface area contributed by atoms with E-state index in [1.807, 2.05) is 6.92 Å². The number of hydrazine groups is 1. The fourth-order valence-corrected chi connectivity index (χ4v) is 3.40. The monoisotopic (exact) mass is 511 g/mol. The summed E-state index contributed by atoms with van der Waals surface area (Å²) in [7, 11) is 1.72. The molecule has 2 aromatic carbocycles. The zero-order valence-electron chi connectivity index (χ0n) is 20.9. The number of benzene rings is 2. The zero-order chi connectivity index (χ0) is 27.3. The van der Waals surface area contributed by atoms with Gasteiger partial charge in [0, 0.05) is 30.1 Å². The first kappa shape index (κ1) is 27.2. The van der Waals surface area contributed by atoms with Gasteiger partial charge in [-0.25, -0.2) is 20.8 Å². The van der Waals surface area contributed by atoms with Crippen molar-refractivity contribution in [2.75, 3.05) is 28.0 Å². The lowest BCUT2D eigenvalue weighted by Gasteiger charge is -2.24. The highest BCUT2D eigenvalue weighted by atomic mass is 19.4. The molecule has 0 spiro atoms. The number of amides is 1. The summed E-state index contributed by atoms with van der Waals surface area (Å²) in [6, 6.07) is 9.95. The van der Waals surface area contributed by atoms with Crippen LogP contribution in [-0.2, 0) is 6.18 Å². The Morgan fingerprint density at radius 1 is 1.08 bits per heavy atom. The molecule has 0 saturated carbocycles. The quantitative estimate of drug-likeness (QED) is 0.177. The average Bonchev–Trinajstić information content (AvgIpc) is 2.83. The van der Waals surface area contributed by atoms with Gasteiger partial charge in [0.1, 0.15) is 18.0 Å². The lowest BCUT2D eigenvalue weighted by Crippen LogP contribution is -2.34. The first-order chi connectivity index (χ1) is 17.4. The van der Waals surface area contributed by atoms with E-state index in [0.29, 0.717) is 34.3 Å². The SMILES string of the molecule is C=C(C)/C=C(/Nc1cc(C(=O)Nc2cc(C)cc(C(F)(F)F)c2)ccc1C)N(N)c1cc(NC)ncn1. The molecule has 0 aliphatic rings. The Morgan fingerprint density at radius 3 is 2.46 bits per heavy atom. The Bertz CT molecular complexity index is 1350. The first-order valence-electron chi connectivity index (χ1n) is 11.2. The van der Waals surface area contributed by atoms with Crippen LogP contribution in [0.1, 0.15) is 34.0 Å². The number of halogens is 3. The number of nitrogens with two attached hydrogens (primary N) is 1. The number of carbonyl (C=O) groups is 1. The number of hydrogen-bond donors (Lipinski definition) is 4. The van der Waals surface area contributed by atoms with Crippen molar-refractivity contribution < 1.29 is 18.0 Å². The zero-order valence-corrected chi connectivity index (χ0v) is 20.9. The summed E-state index contributed by atoms with van der Waals surface area (Å²) in [6.45, 7) is 9.07. The number of allylic oxidation sites excluding steroid dienone is 2. The number of alkyl halides is 3. The number of rotatable bonds is 8. The standard InChI is InChI=1S/C26H28F3N7O/c1-15(2)8-24(36(30)23-13-22(31-5)32-14-33-23)35-21-11-18(7-6-17(21)4)25(37)34-20-10-16(3)9-19(12-20)26(27,28)29/h6-14,35H,1,30H2,2-5H3,(H,34,37)(H,31,32,33)/b24-8-. The third kappa shape index (κ3) is 7.07. The molecule has 0 saturated heterocycles. The second-order valence-electron chi connectivity index (χ2n) is 8.45. The molecular weight excluding hydrogens is 483 g/mol. The number of nitrogens with one attached hydrogen (secondary N) is 3. The highest BCUT2D eigenvalue weighted by Gasteiger charge is 2.31. The molecule has 1 amide bonds. The molecule has 0 radical (unpaired) electrons. The lowest BCUT2D eigenvalue weighted by atomic mass is 10.1. The molecule has 194 valence electrons. The summed E-state index contributed by atoms with van der Waals surface area (Å²) < 4.78 is 39.6. The third-order valence-corrected chi connectivity index (χ3v) is 5.22. The van der Waals surface area contributed by atoms with Gasteiger partial charge in [0.2, 0.25) is 0 Å². The van der Waals surface area contributed by atoms with E-state index in [9.17, 15) is 18.0 Å². The van der Waals surface area contributed by atoms with Crippen LogP contribution in [0.15, 0.2) is 72.8 Å². The van der Waals surface area contributed by atoms with Gasteiger partial charge in [0.15, 0.2) is 5.82 Å². The summed E-state index contributed by atoms with van der Waals surface area (Å²) >= 11 is 0. The highest BCUT2D eigenvalue weighted by molar-refractivity contribution is 6.05. The largest absolute Gasteiger partial charge is 0.416 e. The smallest absolute Gasteiger partial charge is 0.373 e. The van der Waals surface area contributed by atoms with Crippen LogP contribution in [0, 0.1) is 13.8 Å². The molecule has 1 aromatic heterocycles. The van der Waals surface area contributed by atoms with Gasteiger partial charge in [-0.15, -0.1) is 0 Å². The van der Waals surface area contributed by atoms with E-state index < -0.39 is 17.6 Å². The number of anilines is 4. The van der Waals surface area contributed by atoms with Crippen molar-refractivity contribution in [3.8, 4) is 0 Å². The molecule has 3 aromatic rings. The molecule has 1 heterocycles. The Kier molecular flexibility index (Phi) is 8.18. The maximum absolute atomic E-state index is 13.2. The summed E-state index contributed by atoms with van der Waals surface area (Å²) in [6.07, 6.45) is -1.45. The fourth-order valence-electron chi connectivity index (χ4n) is 3.40. The normalized spacial score (nSPS) is 11.6. The molecule has 0 aliphatic carbocycles. The topological polar surface area (TPSA) is 108 Å². The second kappa shape index (κ2) is 11.1. The lowest BCUT2D eigenvalue weighted by molar-refractivity contribution is -0.137. The summed E-state index contributed by atoms with van der Waals surface area (Å²) in [5.74, 6) is 7.16. The number of aryl methyl sites for hydroxylation is 2. The highest BCUT2D eigenvalue weighted by Crippen LogP contribution is 2.32. The Labute approximate surface area is 213 Å². The van der Waals surface area contributed by atoms with Crippen LogP contribution in [0.5, 0.6) is 0 Å². The van der Waals surface area contributed by atoms with Gasteiger partial charge in [-0.2, -0.15) is 13.2 Å².